The number of benzene rings is 1. The Morgan fingerprint density at radius 1 is 1.36 bits per heavy atom. The second kappa shape index (κ2) is 6.84. The molecule has 1 aromatic heterocycles. The molecule has 132 valence electrons. The van der Waals surface area contributed by atoms with E-state index in [4.69, 9.17) is 9.47 Å². The summed E-state index contributed by atoms with van der Waals surface area (Å²) in [6.07, 6.45) is 5.59. The second-order valence-corrected chi connectivity index (χ2v) is 6.60. The molecule has 25 heavy (non-hydrogen) atoms. The molecule has 2 aromatic rings. The van der Waals surface area contributed by atoms with E-state index in [9.17, 15) is 4.79 Å². The molecule has 1 fully saturated rings. The first-order valence-corrected chi connectivity index (χ1v) is 8.66. The van der Waals surface area contributed by atoms with Crippen LogP contribution in [0.5, 0.6) is 5.75 Å². The van der Waals surface area contributed by atoms with Crippen molar-refractivity contribution >= 4 is 5.91 Å². The van der Waals surface area contributed by atoms with Crippen molar-refractivity contribution in [3.05, 3.63) is 41.5 Å². The Labute approximate surface area is 146 Å². The maximum absolute atomic E-state index is 12.7. The molecule has 1 aromatic carbocycles. The average Bonchev–Trinajstić information content (AvgIpc) is 3.38. The van der Waals surface area contributed by atoms with Crippen molar-refractivity contribution in [2.45, 2.75) is 37.8 Å². The largest absolute Gasteiger partial charge is 0.484 e. The van der Waals surface area contributed by atoms with Crippen molar-refractivity contribution in [2.75, 3.05) is 20.3 Å². The molecule has 7 nitrogen and oxygen atoms in total. The van der Waals surface area contributed by atoms with Gasteiger partial charge in [-0.05, 0) is 42.5 Å². The van der Waals surface area contributed by atoms with E-state index in [1.165, 1.54) is 23.9 Å². The van der Waals surface area contributed by atoms with Gasteiger partial charge in [0.2, 0.25) is 0 Å². The predicted octanol–water partition coefficient (Wildman–Crippen LogP) is 1.66. The van der Waals surface area contributed by atoms with Crippen molar-refractivity contribution in [3.63, 3.8) is 0 Å². The van der Waals surface area contributed by atoms with Crippen LogP contribution in [0.4, 0.5) is 0 Å². The normalized spacial score (nSPS) is 22.2. The summed E-state index contributed by atoms with van der Waals surface area (Å²) in [6.45, 7) is 0.550. The van der Waals surface area contributed by atoms with Crippen LogP contribution in [0, 0.1) is 0 Å². The second-order valence-electron chi connectivity index (χ2n) is 6.60. The maximum Gasteiger partial charge on any atom is 0.261 e. The monoisotopic (exact) mass is 342 g/mol. The van der Waals surface area contributed by atoms with E-state index >= 15 is 0 Å². The van der Waals surface area contributed by atoms with E-state index in [1.807, 2.05) is 6.07 Å². The van der Waals surface area contributed by atoms with Gasteiger partial charge in [-0.25, -0.2) is 4.98 Å². The Balaban J connectivity index is 1.42. The molecule has 2 atom stereocenters. The van der Waals surface area contributed by atoms with Crippen molar-refractivity contribution < 1.29 is 14.3 Å². The summed E-state index contributed by atoms with van der Waals surface area (Å²) in [5.41, 5.74) is 2.73. The topological polar surface area (TPSA) is 80.3 Å². The number of hydrogen-bond donors (Lipinski definition) is 1. The minimum absolute atomic E-state index is 0.000885. The minimum Gasteiger partial charge on any atom is -0.484 e. The predicted molar refractivity (Wildman–Crippen MR) is 90.2 cm³/mol. The molecule has 1 aliphatic carbocycles. The van der Waals surface area contributed by atoms with Gasteiger partial charge in [0.15, 0.2) is 6.61 Å². The molecule has 0 saturated carbocycles. The van der Waals surface area contributed by atoms with Gasteiger partial charge in [0.05, 0.1) is 12.1 Å². The number of methoxy groups -OCH3 is 1. The smallest absolute Gasteiger partial charge is 0.261 e. The summed E-state index contributed by atoms with van der Waals surface area (Å²) in [5.74, 6) is 1.37. The number of carbonyl (C=O) groups excluding carboxylic acids is 1. The number of amides is 1. The van der Waals surface area contributed by atoms with E-state index in [-0.39, 0.29) is 24.7 Å². The number of carbonyl (C=O) groups is 1. The summed E-state index contributed by atoms with van der Waals surface area (Å²) in [4.78, 5) is 18.7. The van der Waals surface area contributed by atoms with Crippen LogP contribution in [0.1, 0.15) is 35.8 Å². The molecule has 0 radical (unpaired) electrons. The molecule has 0 unspecified atom stereocenters. The lowest BCUT2D eigenvalue weighted by Gasteiger charge is -2.22. The number of aromatic amines is 1. The van der Waals surface area contributed by atoms with Crippen molar-refractivity contribution in [1.29, 1.82) is 0 Å². The van der Waals surface area contributed by atoms with Gasteiger partial charge in [-0.1, -0.05) is 6.07 Å². The summed E-state index contributed by atoms with van der Waals surface area (Å²) in [7, 11) is 1.66. The van der Waals surface area contributed by atoms with E-state index in [1.54, 1.807) is 12.0 Å². The third-order valence-corrected chi connectivity index (χ3v) is 5.10. The van der Waals surface area contributed by atoms with Gasteiger partial charge in [0, 0.05) is 20.1 Å². The van der Waals surface area contributed by atoms with E-state index in [0.717, 1.165) is 18.6 Å². The maximum atomic E-state index is 12.7. The highest BCUT2D eigenvalue weighted by molar-refractivity contribution is 5.78. The zero-order valence-electron chi connectivity index (χ0n) is 14.3. The first kappa shape index (κ1) is 16.1. The molecule has 0 spiro atoms. The molecule has 2 aliphatic rings. The highest BCUT2D eigenvalue weighted by Gasteiger charge is 2.38. The Morgan fingerprint density at radius 3 is 3.04 bits per heavy atom. The summed E-state index contributed by atoms with van der Waals surface area (Å²) in [6, 6.07) is 5.97. The summed E-state index contributed by atoms with van der Waals surface area (Å²) >= 11 is 0. The number of nitrogens with one attached hydrogen (secondary N) is 1. The lowest BCUT2D eigenvalue weighted by Crippen LogP contribution is -2.36. The van der Waals surface area contributed by atoms with Crippen LogP contribution >= 0.6 is 0 Å². The molecule has 1 amide bonds. The Hall–Kier alpha value is -2.41. The molecule has 1 aliphatic heterocycles. The number of H-pyrrole nitrogens is 1. The van der Waals surface area contributed by atoms with Gasteiger partial charge in [-0.3, -0.25) is 9.89 Å². The van der Waals surface area contributed by atoms with Crippen molar-refractivity contribution in [2.24, 2.45) is 0 Å². The van der Waals surface area contributed by atoms with Gasteiger partial charge in [-0.15, -0.1) is 0 Å². The van der Waals surface area contributed by atoms with Crippen LogP contribution < -0.4 is 4.74 Å². The molecular formula is C18H22N4O3. The highest BCUT2D eigenvalue weighted by Crippen LogP contribution is 2.31. The molecule has 0 bridgehead atoms. The van der Waals surface area contributed by atoms with Crippen molar-refractivity contribution in [1.82, 2.24) is 20.1 Å². The number of aryl methyl sites for hydroxylation is 2. The van der Waals surface area contributed by atoms with E-state index in [0.29, 0.717) is 18.8 Å². The molecule has 7 heteroatoms. The van der Waals surface area contributed by atoms with Crippen LogP contribution in [-0.4, -0.2) is 52.4 Å². The fourth-order valence-electron chi connectivity index (χ4n) is 3.74. The number of likely N-dealkylation sites (tertiary alicyclic amines) is 1. The van der Waals surface area contributed by atoms with Crippen LogP contribution in [0.15, 0.2) is 24.5 Å². The third-order valence-electron chi connectivity index (χ3n) is 5.10. The average molecular weight is 342 g/mol. The molecule has 2 heterocycles. The summed E-state index contributed by atoms with van der Waals surface area (Å²) < 4.78 is 11.2. The Bertz CT molecular complexity index is 747. The number of ether oxygens (including phenoxy) is 2. The zero-order chi connectivity index (χ0) is 17.2. The first-order valence-electron chi connectivity index (χ1n) is 8.66. The van der Waals surface area contributed by atoms with Crippen molar-refractivity contribution in [3.8, 4) is 5.75 Å². The third kappa shape index (κ3) is 3.24. The van der Waals surface area contributed by atoms with E-state index < -0.39 is 0 Å². The number of hydrogen-bond acceptors (Lipinski definition) is 5. The van der Waals surface area contributed by atoms with Gasteiger partial charge in [0.1, 0.15) is 17.9 Å². The Morgan fingerprint density at radius 2 is 2.24 bits per heavy atom. The van der Waals surface area contributed by atoms with Gasteiger partial charge >= 0.3 is 0 Å². The quantitative estimate of drug-likeness (QED) is 0.894. The molecule has 1 saturated heterocycles. The summed E-state index contributed by atoms with van der Waals surface area (Å²) in [5, 5.41) is 6.75. The number of nitrogens with zero attached hydrogens (tertiary/aromatic N) is 3. The van der Waals surface area contributed by atoms with Crippen LogP contribution in [0.25, 0.3) is 0 Å². The molecule has 1 N–H and O–H groups in total. The van der Waals surface area contributed by atoms with Gasteiger partial charge < -0.3 is 14.4 Å². The first-order chi connectivity index (χ1) is 12.2. The lowest BCUT2D eigenvalue weighted by atomic mass is 10.1. The zero-order valence-corrected chi connectivity index (χ0v) is 14.3. The molecular weight excluding hydrogens is 320 g/mol. The van der Waals surface area contributed by atoms with Gasteiger partial charge in [0.25, 0.3) is 5.91 Å². The van der Waals surface area contributed by atoms with Crippen LogP contribution in [0.3, 0.4) is 0 Å². The van der Waals surface area contributed by atoms with Crippen LogP contribution in [-0.2, 0) is 22.4 Å². The van der Waals surface area contributed by atoms with Gasteiger partial charge in [-0.2, -0.15) is 5.10 Å². The number of fused-ring (bicyclic) bond motifs is 1. The number of aromatic nitrogens is 3. The standard InChI is InChI=1S/C18H22N4O3/c1-24-15-8-16(18-19-11-20-21-18)22(9-15)17(23)10-25-14-6-5-12-3-2-4-13(12)7-14/h5-7,11,15-16H,2-4,8-10H2,1H3,(H,19,20,21)/t15-,16+/m1/s1. The SMILES string of the molecule is CO[C@@H]1C[C@@H](c2ncn[nH]2)N(C(=O)COc2ccc3c(c2)CCC3)C1. The fraction of sp³-hybridized carbons (Fsp3) is 0.500. The minimum atomic E-state index is -0.149. The van der Waals surface area contributed by atoms with Crippen LogP contribution in [0.2, 0.25) is 0 Å². The van der Waals surface area contributed by atoms with E-state index in [2.05, 4.69) is 27.3 Å². The highest BCUT2D eigenvalue weighted by atomic mass is 16.5. The molecule has 4 rings (SSSR count). The fourth-order valence-corrected chi connectivity index (χ4v) is 3.74. The number of rotatable bonds is 5. The Kier molecular flexibility index (Phi) is 4.40. The lowest BCUT2D eigenvalue weighted by molar-refractivity contribution is -0.134.